The third kappa shape index (κ3) is 10.5. The standard InChI is InChI=1S/C11H23BrO2/c12-10-11(14)8-6-4-2-1-3-5-7-9-13/h11,13-14H,1-10H2/t11-/m0/s1. The van der Waals surface area contributed by atoms with Gasteiger partial charge in [-0.3, -0.25) is 0 Å². The second-order valence-corrected chi connectivity index (χ2v) is 4.44. The second kappa shape index (κ2) is 11.5. The molecular formula is C11H23BrO2. The summed E-state index contributed by atoms with van der Waals surface area (Å²) in [5, 5.41) is 18.5. The van der Waals surface area contributed by atoms with Gasteiger partial charge in [0.05, 0.1) is 6.10 Å². The van der Waals surface area contributed by atoms with Crippen molar-refractivity contribution in [2.45, 2.75) is 57.5 Å². The predicted octanol–water partition coefficient (Wildman–Crippen LogP) is 2.86. The third-order valence-corrected chi connectivity index (χ3v) is 3.12. The van der Waals surface area contributed by atoms with Crippen LogP contribution in [0.15, 0.2) is 0 Å². The molecule has 0 spiro atoms. The van der Waals surface area contributed by atoms with Gasteiger partial charge >= 0.3 is 0 Å². The predicted molar refractivity (Wildman–Crippen MR) is 63.8 cm³/mol. The van der Waals surface area contributed by atoms with Crippen molar-refractivity contribution < 1.29 is 10.2 Å². The van der Waals surface area contributed by atoms with Gasteiger partial charge in [0, 0.05) is 11.9 Å². The highest BCUT2D eigenvalue weighted by Crippen LogP contribution is 2.10. The first-order chi connectivity index (χ1) is 6.81. The maximum Gasteiger partial charge on any atom is 0.0637 e. The van der Waals surface area contributed by atoms with E-state index in [-0.39, 0.29) is 6.10 Å². The zero-order chi connectivity index (χ0) is 10.6. The Labute approximate surface area is 95.8 Å². The van der Waals surface area contributed by atoms with Crippen molar-refractivity contribution in [3.8, 4) is 0 Å². The van der Waals surface area contributed by atoms with Crippen LogP contribution in [0.5, 0.6) is 0 Å². The summed E-state index contributed by atoms with van der Waals surface area (Å²) in [7, 11) is 0. The Morgan fingerprint density at radius 2 is 1.36 bits per heavy atom. The molecule has 0 aliphatic carbocycles. The molecule has 86 valence electrons. The molecule has 0 aromatic rings. The van der Waals surface area contributed by atoms with Crippen molar-refractivity contribution in [3.63, 3.8) is 0 Å². The lowest BCUT2D eigenvalue weighted by atomic mass is 10.1. The molecule has 0 heterocycles. The fourth-order valence-corrected chi connectivity index (χ4v) is 1.78. The van der Waals surface area contributed by atoms with E-state index < -0.39 is 0 Å². The maximum atomic E-state index is 9.26. The number of aliphatic hydroxyl groups is 2. The van der Waals surface area contributed by atoms with Gasteiger partial charge in [-0.25, -0.2) is 0 Å². The van der Waals surface area contributed by atoms with Crippen LogP contribution in [0.1, 0.15) is 51.4 Å². The Balaban J connectivity index is 2.92. The van der Waals surface area contributed by atoms with E-state index in [9.17, 15) is 5.11 Å². The minimum Gasteiger partial charge on any atom is -0.396 e. The Hall–Kier alpha value is 0.400. The van der Waals surface area contributed by atoms with Gasteiger partial charge in [0.2, 0.25) is 0 Å². The van der Waals surface area contributed by atoms with Crippen LogP contribution in [0.4, 0.5) is 0 Å². The van der Waals surface area contributed by atoms with Crippen molar-refractivity contribution >= 4 is 15.9 Å². The van der Waals surface area contributed by atoms with Crippen LogP contribution in [0.25, 0.3) is 0 Å². The number of unbranched alkanes of at least 4 members (excludes halogenated alkanes) is 6. The Morgan fingerprint density at radius 3 is 1.86 bits per heavy atom. The van der Waals surface area contributed by atoms with Gasteiger partial charge in [-0.05, 0) is 12.8 Å². The van der Waals surface area contributed by atoms with Crippen molar-refractivity contribution in [3.05, 3.63) is 0 Å². The quantitative estimate of drug-likeness (QED) is 0.472. The molecule has 3 heteroatoms. The lowest BCUT2D eigenvalue weighted by molar-refractivity contribution is 0.186. The molecule has 14 heavy (non-hydrogen) atoms. The molecule has 0 aromatic heterocycles. The van der Waals surface area contributed by atoms with Crippen LogP contribution in [0, 0.1) is 0 Å². The van der Waals surface area contributed by atoms with E-state index in [1.807, 2.05) is 0 Å². The van der Waals surface area contributed by atoms with Crippen LogP contribution in [-0.4, -0.2) is 28.3 Å². The minimum absolute atomic E-state index is 0.163. The lowest BCUT2D eigenvalue weighted by Crippen LogP contribution is -2.06. The van der Waals surface area contributed by atoms with Gasteiger partial charge in [-0.15, -0.1) is 0 Å². The van der Waals surface area contributed by atoms with Crippen LogP contribution in [0.2, 0.25) is 0 Å². The molecule has 0 saturated carbocycles. The van der Waals surface area contributed by atoms with E-state index in [0.29, 0.717) is 11.9 Å². The summed E-state index contributed by atoms with van der Waals surface area (Å²) in [6.45, 7) is 0.331. The van der Waals surface area contributed by atoms with E-state index in [0.717, 1.165) is 25.7 Å². The van der Waals surface area contributed by atoms with E-state index >= 15 is 0 Å². The van der Waals surface area contributed by atoms with Gasteiger partial charge in [0.25, 0.3) is 0 Å². The smallest absolute Gasteiger partial charge is 0.0637 e. The summed E-state index contributed by atoms with van der Waals surface area (Å²) in [5.74, 6) is 0. The molecule has 0 rings (SSSR count). The van der Waals surface area contributed by atoms with Crippen LogP contribution < -0.4 is 0 Å². The highest BCUT2D eigenvalue weighted by atomic mass is 79.9. The van der Waals surface area contributed by atoms with Gasteiger partial charge in [0.15, 0.2) is 0 Å². The highest BCUT2D eigenvalue weighted by molar-refractivity contribution is 9.09. The average Bonchev–Trinajstić information content (AvgIpc) is 2.21. The SMILES string of the molecule is OCCCCCCCCC[C@H](O)CBr. The van der Waals surface area contributed by atoms with Gasteiger partial charge in [-0.2, -0.15) is 0 Å². The number of alkyl halides is 1. The molecule has 2 N–H and O–H groups in total. The molecule has 0 fully saturated rings. The van der Waals surface area contributed by atoms with E-state index in [4.69, 9.17) is 5.11 Å². The minimum atomic E-state index is -0.163. The largest absolute Gasteiger partial charge is 0.396 e. The zero-order valence-electron chi connectivity index (χ0n) is 8.92. The fourth-order valence-electron chi connectivity index (χ4n) is 1.45. The van der Waals surface area contributed by atoms with Gasteiger partial charge in [-0.1, -0.05) is 54.5 Å². The molecule has 0 aliphatic heterocycles. The first kappa shape index (κ1) is 14.4. The third-order valence-electron chi connectivity index (χ3n) is 2.37. The van der Waals surface area contributed by atoms with Crippen LogP contribution >= 0.6 is 15.9 Å². The van der Waals surface area contributed by atoms with Crippen molar-refractivity contribution in [2.75, 3.05) is 11.9 Å². The first-order valence-electron chi connectivity index (χ1n) is 5.66. The van der Waals surface area contributed by atoms with Crippen molar-refractivity contribution in [2.24, 2.45) is 0 Å². The Kier molecular flexibility index (Phi) is 11.8. The molecule has 1 atom stereocenters. The lowest BCUT2D eigenvalue weighted by Gasteiger charge is -2.05. The second-order valence-electron chi connectivity index (χ2n) is 3.80. The summed E-state index contributed by atoms with van der Waals surface area (Å²) >= 11 is 3.25. The number of hydrogen-bond donors (Lipinski definition) is 2. The molecule has 0 saturated heterocycles. The maximum absolute atomic E-state index is 9.26. The summed E-state index contributed by atoms with van der Waals surface area (Å²) in [6, 6.07) is 0. The van der Waals surface area contributed by atoms with Crippen molar-refractivity contribution in [1.82, 2.24) is 0 Å². The summed E-state index contributed by atoms with van der Waals surface area (Å²) < 4.78 is 0. The molecule has 0 amide bonds. The molecule has 0 bridgehead atoms. The average molecular weight is 267 g/mol. The first-order valence-corrected chi connectivity index (χ1v) is 6.78. The number of hydrogen-bond acceptors (Lipinski definition) is 2. The summed E-state index contributed by atoms with van der Waals surface area (Å²) in [4.78, 5) is 0. The molecule has 2 nitrogen and oxygen atoms in total. The molecule has 0 unspecified atom stereocenters. The molecule has 0 radical (unpaired) electrons. The monoisotopic (exact) mass is 266 g/mol. The zero-order valence-corrected chi connectivity index (χ0v) is 10.5. The Bertz CT molecular complexity index is 109. The van der Waals surface area contributed by atoms with E-state index in [1.165, 1.54) is 25.7 Å². The Morgan fingerprint density at radius 1 is 0.857 bits per heavy atom. The van der Waals surface area contributed by atoms with Crippen LogP contribution in [0.3, 0.4) is 0 Å². The number of aliphatic hydroxyl groups excluding tert-OH is 2. The van der Waals surface area contributed by atoms with Crippen molar-refractivity contribution in [1.29, 1.82) is 0 Å². The number of halogens is 1. The van der Waals surface area contributed by atoms with E-state index in [2.05, 4.69) is 15.9 Å². The number of rotatable bonds is 10. The van der Waals surface area contributed by atoms with Crippen LogP contribution in [-0.2, 0) is 0 Å². The van der Waals surface area contributed by atoms with Gasteiger partial charge in [0.1, 0.15) is 0 Å². The molecule has 0 aromatic carbocycles. The summed E-state index contributed by atoms with van der Waals surface area (Å²) in [6.07, 6.45) is 8.98. The molecule has 0 aliphatic rings. The topological polar surface area (TPSA) is 40.5 Å². The fraction of sp³-hybridized carbons (Fsp3) is 1.00. The van der Waals surface area contributed by atoms with E-state index in [1.54, 1.807) is 0 Å². The normalized spacial score (nSPS) is 13.1. The van der Waals surface area contributed by atoms with Gasteiger partial charge < -0.3 is 10.2 Å². The highest BCUT2D eigenvalue weighted by Gasteiger charge is 2.00. The molecular weight excluding hydrogens is 244 g/mol. The summed E-state index contributed by atoms with van der Waals surface area (Å²) in [5.41, 5.74) is 0.